The van der Waals surface area contributed by atoms with Gasteiger partial charge in [0.15, 0.2) is 0 Å². The lowest BCUT2D eigenvalue weighted by Gasteiger charge is -2.14. The van der Waals surface area contributed by atoms with Gasteiger partial charge in [-0.15, -0.1) is 0 Å². The Hall–Kier alpha value is -1.98. The third-order valence-corrected chi connectivity index (χ3v) is 3.31. The molecule has 6 heteroatoms. The van der Waals surface area contributed by atoms with Gasteiger partial charge in [-0.2, -0.15) is 0 Å². The van der Waals surface area contributed by atoms with Gasteiger partial charge in [0.2, 0.25) is 0 Å². The second-order valence-electron chi connectivity index (χ2n) is 5.62. The fourth-order valence-corrected chi connectivity index (χ4v) is 2.01. The lowest BCUT2D eigenvalue weighted by Crippen LogP contribution is -2.19. The van der Waals surface area contributed by atoms with Crippen LogP contribution in [-0.2, 0) is 0 Å². The zero-order valence-corrected chi connectivity index (χ0v) is 13.4. The summed E-state index contributed by atoms with van der Waals surface area (Å²) in [5.74, 6) is 0. The van der Waals surface area contributed by atoms with Crippen LogP contribution in [0.1, 0.15) is 25.8 Å². The number of aliphatic imine (C=N–C) groups is 1. The smallest absolute Gasteiger partial charge is 0.129 e. The molecule has 3 N–H and O–H groups in total. The lowest BCUT2D eigenvalue weighted by molar-refractivity contribution is 0.0739. The number of rotatable bonds is 5. The Labute approximate surface area is 134 Å². The van der Waals surface area contributed by atoms with Crippen molar-refractivity contribution >= 4 is 34.4 Å². The lowest BCUT2D eigenvalue weighted by atomic mass is 10.1. The highest BCUT2D eigenvalue weighted by Crippen LogP contribution is 2.18. The van der Waals surface area contributed by atoms with Crippen LogP contribution < -0.4 is 5.73 Å². The van der Waals surface area contributed by atoms with Gasteiger partial charge in [0.1, 0.15) is 5.15 Å². The van der Waals surface area contributed by atoms with Gasteiger partial charge in [-0.25, -0.2) is 4.98 Å². The number of hydrogen-bond acceptors (Lipinski definition) is 5. The quantitative estimate of drug-likeness (QED) is 0.656. The average Bonchev–Trinajstić information content (AvgIpc) is 2.45. The van der Waals surface area contributed by atoms with Gasteiger partial charge < -0.3 is 10.8 Å². The van der Waals surface area contributed by atoms with E-state index in [4.69, 9.17) is 17.3 Å². The van der Waals surface area contributed by atoms with E-state index in [9.17, 15) is 5.11 Å². The van der Waals surface area contributed by atoms with Crippen LogP contribution in [0, 0.1) is 0 Å². The molecule has 0 unspecified atom stereocenters. The van der Waals surface area contributed by atoms with Crippen molar-refractivity contribution < 1.29 is 5.11 Å². The molecule has 22 heavy (non-hydrogen) atoms. The summed E-state index contributed by atoms with van der Waals surface area (Å²) in [7, 11) is 0. The van der Waals surface area contributed by atoms with Crippen molar-refractivity contribution in [3.63, 3.8) is 0 Å². The highest BCUT2D eigenvalue weighted by Gasteiger charge is 2.10. The van der Waals surface area contributed by atoms with Crippen LogP contribution in [0.4, 0.5) is 0 Å². The molecule has 0 aromatic carbocycles. The number of fused-ring (bicyclic) bond motifs is 1. The van der Waals surface area contributed by atoms with Crippen LogP contribution in [0.3, 0.4) is 0 Å². The zero-order valence-electron chi connectivity index (χ0n) is 12.6. The average molecular weight is 319 g/mol. The molecule has 0 bridgehead atoms. The first-order valence-corrected chi connectivity index (χ1v) is 7.33. The van der Waals surface area contributed by atoms with E-state index in [0.29, 0.717) is 23.6 Å². The predicted octanol–water partition coefficient (Wildman–Crippen LogP) is 2.81. The normalized spacial score (nSPS) is 13.2. The molecular weight excluding hydrogens is 300 g/mol. The fourth-order valence-electron chi connectivity index (χ4n) is 1.85. The van der Waals surface area contributed by atoms with Crippen LogP contribution in [0.5, 0.6) is 0 Å². The summed E-state index contributed by atoms with van der Waals surface area (Å²) >= 11 is 5.90. The monoisotopic (exact) mass is 318 g/mol. The number of hydrogen-bond donors (Lipinski definition) is 2. The van der Waals surface area contributed by atoms with E-state index in [1.165, 1.54) is 6.20 Å². The molecule has 0 aliphatic heterocycles. The molecule has 0 aliphatic rings. The summed E-state index contributed by atoms with van der Waals surface area (Å²) in [6.07, 6.45) is 5.45. The van der Waals surface area contributed by atoms with Crippen LogP contribution in [0.15, 0.2) is 35.6 Å². The maximum atomic E-state index is 9.66. The van der Waals surface area contributed by atoms with E-state index in [1.807, 2.05) is 12.1 Å². The van der Waals surface area contributed by atoms with E-state index in [2.05, 4.69) is 15.0 Å². The number of nitrogens with two attached hydrogens (primary N) is 1. The van der Waals surface area contributed by atoms with Crippen LogP contribution in [0.25, 0.3) is 16.6 Å². The number of pyridine rings is 2. The van der Waals surface area contributed by atoms with E-state index < -0.39 is 5.60 Å². The molecule has 0 aliphatic carbocycles. The summed E-state index contributed by atoms with van der Waals surface area (Å²) in [6.45, 7) is 4.03. The van der Waals surface area contributed by atoms with Gasteiger partial charge in [-0.05, 0) is 38.5 Å². The molecule has 0 fully saturated rings. The van der Waals surface area contributed by atoms with Crippen molar-refractivity contribution in [2.75, 3.05) is 6.54 Å². The number of allylic oxidation sites excluding steroid dienone is 1. The number of aliphatic hydroxyl groups is 1. The third kappa shape index (κ3) is 4.51. The Morgan fingerprint density at radius 3 is 2.86 bits per heavy atom. The Kier molecular flexibility index (Phi) is 5.11. The van der Waals surface area contributed by atoms with Crippen molar-refractivity contribution in [2.24, 2.45) is 10.7 Å². The summed E-state index contributed by atoms with van der Waals surface area (Å²) < 4.78 is 0. The first kappa shape index (κ1) is 16.4. The number of halogens is 1. The van der Waals surface area contributed by atoms with Gasteiger partial charge in [-0.1, -0.05) is 11.6 Å². The van der Waals surface area contributed by atoms with E-state index in [0.717, 1.165) is 16.7 Å². The number of nitrogens with zero attached hydrogens (tertiary/aromatic N) is 3. The maximum absolute atomic E-state index is 9.66. The highest BCUT2D eigenvalue weighted by atomic mass is 35.5. The van der Waals surface area contributed by atoms with Gasteiger partial charge in [0, 0.05) is 36.3 Å². The molecule has 0 radical (unpaired) electrons. The van der Waals surface area contributed by atoms with E-state index >= 15 is 0 Å². The minimum absolute atomic E-state index is 0.420. The molecule has 2 heterocycles. The maximum Gasteiger partial charge on any atom is 0.129 e. The van der Waals surface area contributed by atoms with Gasteiger partial charge in [-0.3, -0.25) is 9.98 Å². The summed E-state index contributed by atoms with van der Waals surface area (Å²) in [6, 6.07) is 5.39. The molecular formula is C16H19ClN4O. The fraction of sp³-hybridized carbons (Fsp3) is 0.312. The first-order valence-electron chi connectivity index (χ1n) is 6.96. The molecule has 2 rings (SSSR count). The minimum Gasteiger partial charge on any atom is -0.404 e. The Bertz CT molecular complexity index is 720. The summed E-state index contributed by atoms with van der Waals surface area (Å²) in [5, 5.41) is 10.1. The molecule has 0 atom stereocenters. The summed E-state index contributed by atoms with van der Waals surface area (Å²) in [5.41, 5.74) is 7.97. The van der Waals surface area contributed by atoms with Crippen molar-refractivity contribution in [1.82, 2.24) is 9.97 Å². The second-order valence-corrected chi connectivity index (χ2v) is 6.00. The zero-order chi connectivity index (χ0) is 16.2. The first-order chi connectivity index (χ1) is 10.4. The van der Waals surface area contributed by atoms with Gasteiger partial charge in [0.25, 0.3) is 0 Å². The molecule has 2 aromatic rings. The largest absolute Gasteiger partial charge is 0.404 e. The number of aromatic nitrogens is 2. The van der Waals surface area contributed by atoms with Crippen LogP contribution in [-0.4, -0.2) is 33.4 Å². The molecule has 2 aromatic heterocycles. The molecule has 116 valence electrons. The van der Waals surface area contributed by atoms with Gasteiger partial charge >= 0.3 is 0 Å². The highest BCUT2D eigenvalue weighted by molar-refractivity contribution is 6.29. The van der Waals surface area contributed by atoms with Crippen molar-refractivity contribution in [3.05, 3.63) is 41.3 Å². The molecule has 0 amide bonds. The topological polar surface area (TPSA) is 84.4 Å². The van der Waals surface area contributed by atoms with Crippen LogP contribution in [0.2, 0.25) is 5.15 Å². The van der Waals surface area contributed by atoms with Crippen LogP contribution >= 0.6 is 11.6 Å². The van der Waals surface area contributed by atoms with Crippen molar-refractivity contribution in [1.29, 1.82) is 0 Å². The third-order valence-electron chi connectivity index (χ3n) is 3.10. The Morgan fingerprint density at radius 1 is 1.41 bits per heavy atom. The Morgan fingerprint density at radius 2 is 2.18 bits per heavy atom. The second kappa shape index (κ2) is 6.85. The minimum atomic E-state index is -0.727. The van der Waals surface area contributed by atoms with Gasteiger partial charge in [0.05, 0.1) is 16.6 Å². The SMILES string of the molecule is CC(C)(O)CCN=CC(=CN)c1cnc2ccc(Cl)nc2c1. The van der Waals surface area contributed by atoms with E-state index in [-0.39, 0.29) is 0 Å². The molecule has 0 saturated heterocycles. The Balaban J connectivity index is 2.19. The standard InChI is InChI=1S/C16H19ClN4O/c1-16(2,22)5-6-19-9-12(8-18)11-7-14-13(20-10-11)3-4-15(17)21-14/h3-4,7-10,22H,5-6,18H2,1-2H3. The molecule has 0 spiro atoms. The van der Waals surface area contributed by atoms with Crippen molar-refractivity contribution in [3.8, 4) is 0 Å². The van der Waals surface area contributed by atoms with E-state index in [1.54, 1.807) is 32.3 Å². The van der Waals surface area contributed by atoms with Crippen molar-refractivity contribution in [2.45, 2.75) is 25.9 Å². The summed E-state index contributed by atoms with van der Waals surface area (Å²) in [4.78, 5) is 12.9. The predicted molar refractivity (Wildman–Crippen MR) is 91.0 cm³/mol. The molecule has 0 saturated carbocycles. The molecule has 5 nitrogen and oxygen atoms in total.